The quantitative estimate of drug-likeness (QED) is 0.236. The van der Waals surface area contributed by atoms with Crippen molar-refractivity contribution in [2.75, 3.05) is 0 Å². The number of hydrogen-bond acceptors (Lipinski definition) is 6. The number of thiocarbonyl (C=S) groups is 1. The van der Waals surface area contributed by atoms with E-state index in [2.05, 4.69) is 21.2 Å². The molecule has 1 unspecified atom stereocenters. The number of nitrogens with one attached hydrogen (secondary N) is 1. The van der Waals surface area contributed by atoms with Gasteiger partial charge in [0.05, 0.1) is 15.5 Å². The molecule has 8 heteroatoms. The molecule has 0 aliphatic heterocycles. The van der Waals surface area contributed by atoms with Gasteiger partial charge in [0.2, 0.25) is 0 Å². The van der Waals surface area contributed by atoms with Crippen LogP contribution in [0.3, 0.4) is 0 Å². The molecule has 0 heterocycles. The Kier molecular flexibility index (Phi) is 6.33. The van der Waals surface area contributed by atoms with Gasteiger partial charge in [-0.2, -0.15) is 0 Å². The monoisotopic (exact) mass is 439 g/mol. The van der Waals surface area contributed by atoms with Crippen molar-refractivity contribution in [3.63, 3.8) is 0 Å². The molecule has 0 radical (unpaired) electrons. The van der Waals surface area contributed by atoms with Crippen LogP contribution in [0.4, 0.5) is 0 Å². The molecule has 26 heavy (non-hydrogen) atoms. The molecular formula is C18H18BrNO5S. The zero-order valence-electron chi connectivity index (χ0n) is 13.8. The smallest absolute Gasteiger partial charge is 0.200 e. The topological polar surface area (TPSA) is 113 Å². The van der Waals surface area contributed by atoms with Gasteiger partial charge in [0, 0.05) is 0 Å². The first-order chi connectivity index (χ1) is 12.2. The lowest BCUT2D eigenvalue weighted by atomic mass is 10.0. The molecular weight excluding hydrogens is 422 g/mol. The second-order valence-electron chi connectivity index (χ2n) is 5.55. The standard InChI is InChI=1S/C18H18BrNO5S/c1-2-11(10-7-13(22)17(24)14(23)8-10)20-15(26)6-4-9-3-5-12(21)18(25)16(9)19/h3-8,11,21-25H,2H2,1H3,(H,20,26)/b6-4+. The number of rotatable bonds is 5. The normalized spacial score (nSPS) is 12.2. The van der Waals surface area contributed by atoms with Gasteiger partial charge in [0.1, 0.15) is 0 Å². The third-order valence-corrected chi connectivity index (χ3v) is 4.85. The second kappa shape index (κ2) is 8.29. The summed E-state index contributed by atoms with van der Waals surface area (Å²) in [4.78, 5) is 0.392. The van der Waals surface area contributed by atoms with Gasteiger partial charge in [-0.15, -0.1) is 0 Å². The van der Waals surface area contributed by atoms with Crippen LogP contribution in [0.15, 0.2) is 34.8 Å². The van der Waals surface area contributed by atoms with Crippen LogP contribution in [0.5, 0.6) is 28.7 Å². The SMILES string of the molecule is CCC(NC(=S)/C=C/c1ccc(O)c(O)c1Br)c1cc(O)c(O)c(O)c1. The maximum Gasteiger partial charge on any atom is 0.200 e. The van der Waals surface area contributed by atoms with Gasteiger partial charge < -0.3 is 30.8 Å². The molecule has 0 amide bonds. The summed E-state index contributed by atoms with van der Waals surface area (Å²) < 4.78 is 0.344. The summed E-state index contributed by atoms with van der Waals surface area (Å²) in [5, 5.41) is 51.0. The third kappa shape index (κ3) is 4.39. The average molecular weight is 440 g/mol. The summed E-state index contributed by atoms with van der Waals surface area (Å²) in [7, 11) is 0. The first-order valence-corrected chi connectivity index (χ1v) is 8.88. The van der Waals surface area contributed by atoms with Crippen molar-refractivity contribution in [2.24, 2.45) is 0 Å². The van der Waals surface area contributed by atoms with Crippen LogP contribution in [0.1, 0.15) is 30.5 Å². The first-order valence-electron chi connectivity index (χ1n) is 7.68. The van der Waals surface area contributed by atoms with Crippen LogP contribution in [0.25, 0.3) is 6.08 Å². The molecule has 1 atom stereocenters. The highest BCUT2D eigenvalue weighted by molar-refractivity contribution is 9.10. The highest BCUT2D eigenvalue weighted by Crippen LogP contribution is 2.38. The Morgan fingerprint density at radius 3 is 2.27 bits per heavy atom. The van der Waals surface area contributed by atoms with E-state index in [1.807, 2.05) is 6.92 Å². The van der Waals surface area contributed by atoms with Crippen LogP contribution < -0.4 is 5.32 Å². The van der Waals surface area contributed by atoms with Crippen LogP contribution in [-0.2, 0) is 0 Å². The fourth-order valence-corrected chi connectivity index (χ4v) is 3.01. The van der Waals surface area contributed by atoms with Crippen molar-refractivity contribution in [2.45, 2.75) is 19.4 Å². The zero-order chi connectivity index (χ0) is 19.4. The summed E-state index contributed by atoms with van der Waals surface area (Å²) in [6, 6.07) is 5.41. The lowest BCUT2D eigenvalue weighted by Crippen LogP contribution is -2.25. The maximum atomic E-state index is 9.71. The summed E-state index contributed by atoms with van der Waals surface area (Å²) in [6.07, 6.45) is 3.90. The number of aromatic hydroxyl groups is 5. The lowest BCUT2D eigenvalue weighted by Gasteiger charge is -2.19. The lowest BCUT2D eigenvalue weighted by molar-refractivity contribution is 0.366. The molecule has 0 aliphatic carbocycles. The molecule has 0 aliphatic rings. The van der Waals surface area contributed by atoms with Crippen LogP contribution in [0, 0.1) is 0 Å². The molecule has 6 nitrogen and oxygen atoms in total. The van der Waals surface area contributed by atoms with Crippen LogP contribution in [-0.4, -0.2) is 30.5 Å². The fourth-order valence-electron chi connectivity index (χ4n) is 2.33. The Hall–Kier alpha value is -2.45. The highest BCUT2D eigenvalue weighted by Gasteiger charge is 2.15. The fraction of sp³-hybridized carbons (Fsp3) is 0.167. The van der Waals surface area contributed by atoms with E-state index in [4.69, 9.17) is 12.2 Å². The van der Waals surface area contributed by atoms with Crippen LogP contribution >= 0.6 is 28.1 Å². The Labute approximate surface area is 164 Å². The Morgan fingerprint density at radius 2 is 1.69 bits per heavy atom. The van der Waals surface area contributed by atoms with Gasteiger partial charge in [0.15, 0.2) is 28.7 Å². The molecule has 0 fully saturated rings. The van der Waals surface area contributed by atoms with Gasteiger partial charge in [0.25, 0.3) is 0 Å². The largest absolute Gasteiger partial charge is 0.504 e. The van der Waals surface area contributed by atoms with Crippen molar-refractivity contribution in [3.8, 4) is 28.7 Å². The van der Waals surface area contributed by atoms with E-state index in [1.54, 1.807) is 18.2 Å². The minimum absolute atomic E-state index is 0.229. The number of hydrogen-bond donors (Lipinski definition) is 6. The minimum Gasteiger partial charge on any atom is -0.504 e. The summed E-state index contributed by atoms with van der Waals surface area (Å²) in [6.45, 7) is 1.90. The Bertz CT molecular complexity index is 846. The summed E-state index contributed by atoms with van der Waals surface area (Å²) in [5.41, 5.74) is 1.19. The van der Waals surface area contributed by atoms with Gasteiger partial charge in [-0.1, -0.05) is 25.2 Å². The van der Waals surface area contributed by atoms with E-state index in [1.165, 1.54) is 18.2 Å². The van der Waals surface area contributed by atoms with Gasteiger partial charge in [-0.3, -0.25) is 0 Å². The summed E-state index contributed by atoms with van der Waals surface area (Å²) >= 11 is 8.49. The maximum absolute atomic E-state index is 9.71. The zero-order valence-corrected chi connectivity index (χ0v) is 16.2. The Balaban J connectivity index is 2.16. The van der Waals surface area contributed by atoms with Crippen LogP contribution in [0.2, 0.25) is 0 Å². The van der Waals surface area contributed by atoms with E-state index in [9.17, 15) is 25.5 Å². The molecule has 6 N–H and O–H groups in total. The van der Waals surface area contributed by atoms with Crippen molar-refractivity contribution < 1.29 is 25.5 Å². The number of benzene rings is 2. The molecule has 138 valence electrons. The number of phenols is 5. The highest BCUT2D eigenvalue weighted by atomic mass is 79.9. The van der Waals surface area contributed by atoms with Crippen molar-refractivity contribution in [1.82, 2.24) is 5.32 Å². The van der Waals surface area contributed by atoms with E-state index in [-0.39, 0.29) is 17.5 Å². The number of phenolic OH excluding ortho intramolecular Hbond substituents is 5. The second-order valence-corrected chi connectivity index (χ2v) is 6.78. The van der Waals surface area contributed by atoms with Gasteiger partial charge >= 0.3 is 0 Å². The van der Waals surface area contributed by atoms with E-state index in [0.717, 1.165) is 0 Å². The summed E-state index contributed by atoms with van der Waals surface area (Å²) in [5.74, 6) is -1.88. The molecule has 2 aromatic carbocycles. The molecule has 0 spiro atoms. The molecule has 2 rings (SSSR count). The molecule has 2 aromatic rings. The van der Waals surface area contributed by atoms with Gasteiger partial charge in [-0.25, -0.2) is 0 Å². The molecule has 0 saturated carbocycles. The third-order valence-electron chi connectivity index (χ3n) is 3.76. The number of halogens is 1. The van der Waals surface area contributed by atoms with Gasteiger partial charge in [-0.05, 0) is 63.8 Å². The molecule has 0 aromatic heterocycles. The molecule has 0 saturated heterocycles. The van der Waals surface area contributed by atoms with Crippen molar-refractivity contribution >= 4 is 39.2 Å². The first kappa shape index (κ1) is 19.9. The predicted octanol–water partition coefficient (Wildman–Crippen LogP) is 4.06. The van der Waals surface area contributed by atoms with Crippen molar-refractivity contribution in [1.29, 1.82) is 0 Å². The molecule has 0 bridgehead atoms. The van der Waals surface area contributed by atoms with Crippen molar-refractivity contribution in [3.05, 3.63) is 45.9 Å². The van der Waals surface area contributed by atoms with E-state index < -0.39 is 17.2 Å². The average Bonchev–Trinajstić information content (AvgIpc) is 2.61. The Morgan fingerprint density at radius 1 is 1.08 bits per heavy atom. The van der Waals surface area contributed by atoms with E-state index in [0.29, 0.717) is 27.0 Å². The predicted molar refractivity (Wildman–Crippen MR) is 107 cm³/mol. The minimum atomic E-state index is -0.567. The van der Waals surface area contributed by atoms with E-state index >= 15 is 0 Å².